The molecule has 2 rings (SSSR count). The van der Waals surface area contributed by atoms with E-state index in [1.165, 1.54) is 6.07 Å². The second-order valence-electron chi connectivity index (χ2n) is 4.42. The fourth-order valence-corrected chi connectivity index (χ4v) is 2.55. The SMILES string of the molecule is CNCC1CCCOC1c1ccc(Cl)cc1F. The van der Waals surface area contributed by atoms with Crippen LogP contribution in [-0.2, 0) is 4.74 Å². The molecular formula is C13H17ClFNO. The fourth-order valence-electron chi connectivity index (χ4n) is 2.39. The summed E-state index contributed by atoms with van der Waals surface area (Å²) < 4.78 is 19.6. The van der Waals surface area contributed by atoms with Crippen molar-refractivity contribution in [3.05, 3.63) is 34.6 Å². The third kappa shape index (κ3) is 2.97. The molecule has 2 atom stereocenters. The molecule has 0 aliphatic carbocycles. The Morgan fingerprint density at radius 3 is 3.06 bits per heavy atom. The van der Waals surface area contributed by atoms with Gasteiger partial charge in [0, 0.05) is 29.7 Å². The van der Waals surface area contributed by atoms with Gasteiger partial charge in [0.2, 0.25) is 0 Å². The predicted molar refractivity (Wildman–Crippen MR) is 66.8 cm³/mol. The highest BCUT2D eigenvalue weighted by molar-refractivity contribution is 6.30. The molecule has 4 heteroatoms. The molecule has 1 saturated heterocycles. The van der Waals surface area contributed by atoms with Gasteiger partial charge < -0.3 is 10.1 Å². The normalized spacial score (nSPS) is 24.9. The summed E-state index contributed by atoms with van der Waals surface area (Å²) in [6.07, 6.45) is 1.94. The first kappa shape index (κ1) is 12.8. The summed E-state index contributed by atoms with van der Waals surface area (Å²) in [5, 5.41) is 3.56. The van der Waals surface area contributed by atoms with E-state index in [2.05, 4.69) is 5.32 Å². The molecule has 1 aliphatic rings. The lowest BCUT2D eigenvalue weighted by molar-refractivity contribution is -0.0291. The zero-order chi connectivity index (χ0) is 12.3. The van der Waals surface area contributed by atoms with Crippen LogP contribution in [0.25, 0.3) is 0 Å². The molecular weight excluding hydrogens is 241 g/mol. The molecule has 1 fully saturated rings. The van der Waals surface area contributed by atoms with E-state index in [0.717, 1.165) is 19.4 Å². The minimum Gasteiger partial charge on any atom is -0.373 e. The van der Waals surface area contributed by atoms with Gasteiger partial charge in [-0.25, -0.2) is 4.39 Å². The molecule has 1 N–H and O–H groups in total. The van der Waals surface area contributed by atoms with Gasteiger partial charge in [0.25, 0.3) is 0 Å². The van der Waals surface area contributed by atoms with Crippen LogP contribution in [0.2, 0.25) is 5.02 Å². The van der Waals surface area contributed by atoms with E-state index < -0.39 is 0 Å². The van der Waals surface area contributed by atoms with Crippen LogP contribution >= 0.6 is 11.6 Å². The maximum absolute atomic E-state index is 13.9. The Labute approximate surface area is 106 Å². The third-order valence-electron chi connectivity index (χ3n) is 3.18. The Morgan fingerprint density at radius 2 is 2.35 bits per heavy atom. The molecule has 1 heterocycles. The summed E-state index contributed by atoms with van der Waals surface area (Å²) in [5.74, 6) is 0.0509. The summed E-state index contributed by atoms with van der Waals surface area (Å²) in [5.41, 5.74) is 0.620. The van der Waals surface area contributed by atoms with Gasteiger partial charge in [0.05, 0.1) is 6.10 Å². The molecule has 0 aromatic heterocycles. The first-order chi connectivity index (χ1) is 8.22. The van der Waals surface area contributed by atoms with Crippen LogP contribution in [0.1, 0.15) is 24.5 Å². The van der Waals surface area contributed by atoms with Crippen LogP contribution in [-0.4, -0.2) is 20.2 Å². The molecule has 0 spiro atoms. The summed E-state index contributed by atoms with van der Waals surface area (Å²) in [6, 6.07) is 4.80. The van der Waals surface area contributed by atoms with Crippen LogP contribution in [0, 0.1) is 11.7 Å². The second-order valence-corrected chi connectivity index (χ2v) is 4.85. The van der Waals surface area contributed by atoms with Crippen molar-refractivity contribution < 1.29 is 9.13 Å². The van der Waals surface area contributed by atoms with Gasteiger partial charge in [-0.3, -0.25) is 0 Å². The molecule has 2 unspecified atom stereocenters. The maximum atomic E-state index is 13.9. The van der Waals surface area contributed by atoms with Crippen molar-refractivity contribution in [3.8, 4) is 0 Å². The van der Waals surface area contributed by atoms with Gasteiger partial charge in [0.15, 0.2) is 0 Å². The zero-order valence-electron chi connectivity index (χ0n) is 9.88. The summed E-state index contributed by atoms with van der Waals surface area (Å²) >= 11 is 5.76. The monoisotopic (exact) mass is 257 g/mol. The van der Waals surface area contributed by atoms with Gasteiger partial charge in [0.1, 0.15) is 5.82 Å². The average Bonchev–Trinajstić information content (AvgIpc) is 2.31. The number of benzene rings is 1. The van der Waals surface area contributed by atoms with Gasteiger partial charge in [-0.15, -0.1) is 0 Å². The van der Waals surface area contributed by atoms with Gasteiger partial charge >= 0.3 is 0 Å². The van der Waals surface area contributed by atoms with E-state index in [-0.39, 0.29) is 11.9 Å². The first-order valence-corrected chi connectivity index (χ1v) is 6.31. The van der Waals surface area contributed by atoms with E-state index in [4.69, 9.17) is 16.3 Å². The standard InChI is InChI=1S/C13H17ClFNO/c1-16-8-9-3-2-6-17-13(9)11-5-4-10(14)7-12(11)15/h4-5,7,9,13,16H,2-3,6,8H2,1H3. The number of ether oxygens (including phenoxy) is 1. The van der Waals surface area contributed by atoms with Crippen LogP contribution in [0.4, 0.5) is 4.39 Å². The largest absolute Gasteiger partial charge is 0.373 e. The van der Waals surface area contributed by atoms with Crippen molar-refractivity contribution in [2.24, 2.45) is 5.92 Å². The predicted octanol–water partition coefficient (Wildman–Crippen LogP) is 3.17. The van der Waals surface area contributed by atoms with Crippen LogP contribution in [0.15, 0.2) is 18.2 Å². The Bertz CT molecular complexity index is 384. The lowest BCUT2D eigenvalue weighted by Gasteiger charge is -2.32. The molecule has 1 aromatic carbocycles. The summed E-state index contributed by atoms with van der Waals surface area (Å²) in [4.78, 5) is 0. The summed E-state index contributed by atoms with van der Waals surface area (Å²) in [6.45, 7) is 1.54. The molecule has 2 nitrogen and oxygen atoms in total. The Hall–Kier alpha value is -0.640. The number of hydrogen-bond donors (Lipinski definition) is 1. The highest BCUT2D eigenvalue weighted by Crippen LogP contribution is 2.35. The minimum absolute atomic E-state index is 0.159. The Kier molecular flexibility index (Phi) is 4.37. The van der Waals surface area contributed by atoms with Crippen LogP contribution < -0.4 is 5.32 Å². The van der Waals surface area contributed by atoms with Crippen molar-refractivity contribution in [2.45, 2.75) is 18.9 Å². The average molecular weight is 258 g/mol. The zero-order valence-corrected chi connectivity index (χ0v) is 10.6. The molecule has 17 heavy (non-hydrogen) atoms. The van der Waals surface area contributed by atoms with E-state index in [1.807, 2.05) is 7.05 Å². The van der Waals surface area contributed by atoms with Gasteiger partial charge in [-0.2, -0.15) is 0 Å². The number of nitrogens with one attached hydrogen (secondary N) is 1. The number of halogens is 2. The Balaban J connectivity index is 2.23. The molecule has 94 valence electrons. The van der Waals surface area contributed by atoms with Crippen LogP contribution in [0.5, 0.6) is 0 Å². The second kappa shape index (κ2) is 5.80. The van der Waals surface area contributed by atoms with Gasteiger partial charge in [-0.1, -0.05) is 17.7 Å². The smallest absolute Gasteiger partial charge is 0.130 e. The molecule has 0 amide bonds. The third-order valence-corrected chi connectivity index (χ3v) is 3.42. The van der Waals surface area contributed by atoms with Crippen molar-refractivity contribution >= 4 is 11.6 Å². The van der Waals surface area contributed by atoms with E-state index in [9.17, 15) is 4.39 Å². The quantitative estimate of drug-likeness (QED) is 0.898. The van der Waals surface area contributed by atoms with E-state index in [1.54, 1.807) is 12.1 Å². The molecule has 0 saturated carbocycles. The lowest BCUT2D eigenvalue weighted by atomic mass is 9.89. The highest BCUT2D eigenvalue weighted by Gasteiger charge is 2.28. The maximum Gasteiger partial charge on any atom is 0.130 e. The van der Waals surface area contributed by atoms with Crippen molar-refractivity contribution in [2.75, 3.05) is 20.2 Å². The number of hydrogen-bond acceptors (Lipinski definition) is 2. The van der Waals surface area contributed by atoms with Crippen molar-refractivity contribution in [1.82, 2.24) is 5.32 Å². The highest BCUT2D eigenvalue weighted by atomic mass is 35.5. The summed E-state index contributed by atoms with van der Waals surface area (Å²) in [7, 11) is 1.91. The van der Waals surface area contributed by atoms with E-state index in [0.29, 0.717) is 23.1 Å². The first-order valence-electron chi connectivity index (χ1n) is 5.93. The lowest BCUT2D eigenvalue weighted by Crippen LogP contribution is -2.30. The van der Waals surface area contributed by atoms with E-state index >= 15 is 0 Å². The topological polar surface area (TPSA) is 21.3 Å². The fraction of sp³-hybridized carbons (Fsp3) is 0.538. The molecule has 1 aliphatic heterocycles. The Morgan fingerprint density at radius 1 is 1.53 bits per heavy atom. The van der Waals surface area contributed by atoms with Crippen molar-refractivity contribution in [3.63, 3.8) is 0 Å². The molecule has 1 aromatic rings. The van der Waals surface area contributed by atoms with Gasteiger partial charge in [-0.05, 0) is 32.0 Å². The van der Waals surface area contributed by atoms with Crippen LogP contribution in [0.3, 0.4) is 0 Å². The molecule has 0 bridgehead atoms. The van der Waals surface area contributed by atoms with Crippen molar-refractivity contribution in [1.29, 1.82) is 0 Å². The molecule has 0 radical (unpaired) electrons. The minimum atomic E-state index is -0.273. The number of rotatable bonds is 3.